The number of rotatable bonds is 4. The molecule has 0 spiro atoms. The molecule has 0 aliphatic heterocycles. The Kier molecular flexibility index (Phi) is 5.19. The predicted molar refractivity (Wildman–Crippen MR) is 69.4 cm³/mol. The van der Waals surface area contributed by atoms with Gasteiger partial charge in [-0.25, -0.2) is 9.59 Å². The quantitative estimate of drug-likeness (QED) is 0.606. The standard InChI is InChI=1S/C15H12O4/c1-4-9-18-14(16)12-8-6-7-11(3)13(12)15(17)19-10-5-2/h1-2,6-8H,9-10H2,3H3. The van der Waals surface area contributed by atoms with Gasteiger partial charge in [0.2, 0.25) is 0 Å². The smallest absolute Gasteiger partial charge is 0.340 e. The van der Waals surface area contributed by atoms with E-state index in [1.807, 2.05) is 0 Å². The first-order valence-corrected chi connectivity index (χ1v) is 5.42. The highest BCUT2D eigenvalue weighted by Crippen LogP contribution is 2.16. The summed E-state index contributed by atoms with van der Waals surface area (Å²) in [4.78, 5) is 23.6. The Morgan fingerprint density at radius 2 is 1.68 bits per heavy atom. The van der Waals surface area contributed by atoms with E-state index in [1.165, 1.54) is 6.07 Å². The van der Waals surface area contributed by atoms with E-state index >= 15 is 0 Å². The van der Waals surface area contributed by atoms with Crippen LogP contribution in [0.4, 0.5) is 0 Å². The van der Waals surface area contributed by atoms with Crippen LogP contribution >= 0.6 is 0 Å². The third-order valence-electron chi connectivity index (χ3n) is 2.27. The minimum Gasteiger partial charge on any atom is -0.449 e. The van der Waals surface area contributed by atoms with Crippen LogP contribution in [-0.2, 0) is 9.47 Å². The van der Waals surface area contributed by atoms with Gasteiger partial charge in [0, 0.05) is 0 Å². The van der Waals surface area contributed by atoms with E-state index in [0.29, 0.717) is 5.56 Å². The molecule has 19 heavy (non-hydrogen) atoms. The molecule has 0 amide bonds. The normalized spacial score (nSPS) is 9.00. The molecule has 4 heteroatoms. The van der Waals surface area contributed by atoms with Gasteiger partial charge in [-0.05, 0) is 18.6 Å². The van der Waals surface area contributed by atoms with Crippen LogP contribution in [0.15, 0.2) is 18.2 Å². The fourth-order valence-corrected chi connectivity index (χ4v) is 1.47. The minimum atomic E-state index is -0.672. The first-order valence-electron chi connectivity index (χ1n) is 5.42. The first-order chi connectivity index (χ1) is 9.11. The Morgan fingerprint density at radius 1 is 1.11 bits per heavy atom. The summed E-state index contributed by atoms with van der Waals surface area (Å²) in [5, 5.41) is 0. The molecular formula is C15H12O4. The molecule has 0 aliphatic carbocycles. The molecule has 1 rings (SSSR count). The van der Waals surface area contributed by atoms with E-state index in [-0.39, 0.29) is 24.3 Å². The summed E-state index contributed by atoms with van der Waals surface area (Å²) in [7, 11) is 0. The van der Waals surface area contributed by atoms with Crippen LogP contribution in [0, 0.1) is 31.6 Å². The van der Waals surface area contributed by atoms with Gasteiger partial charge in [-0.2, -0.15) is 0 Å². The van der Waals surface area contributed by atoms with Crippen molar-refractivity contribution in [3.8, 4) is 24.7 Å². The largest absolute Gasteiger partial charge is 0.449 e. The van der Waals surface area contributed by atoms with Crippen LogP contribution in [0.2, 0.25) is 0 Å². The van der Waals surface area contributed by atoms with E-state index in [1.54, 1.807) is 19.1 Å². The highest BCUT2D eigenvalue weighted by molar-refractivity contribution is 6.04. The zero-order valence-corrected chi connectivity index (χ0v) is 10.4. The summed E-state index contributed by atoms with van der Waals surface area (Å²) in [5.74, 6) is 3.03. The number of benzene rings is 1. The Morgan fingerprint density at radius 3 is 2.26 bits per heavy atom. The average molecular weight is 256 g/mol. The molecule has 0 saturated carbocycles. The molecule has 0 atom stereocenters. The Balaban J connectivity index is 3.09. The molecule has 96 valence electrons. The van der Waals surface area contributed by atoms with Gasteiger partial charge < -0.3 is 9.47 Å². The summed E-state index contributed by atoms with van der Waals surface area (Å²) in [6.45, 7) is 1.36. The van der Waals surface area contributed by atoms with E-state index in [4.69, 9.17) is 22.3 Å². The van der Waals surface area contributed by atoms with Gasteiger partial charge in [0.1, 0.15) is 0 Å². The van der Waals surface area contributed by atoms with Gasteiger partial charge in [-0.15, -0.1) is 12.8 Å². The van der Waals surface area contributed by atoms with Gasteiger partial charge in [-0.3, -0.25) is 0 Å². The topological polar surface area (TPSA) is 52.6 Å². The fraction of sp³-hybridized carbons (Fsp3) is 0.200. The SMILES string of the molecule is C#CCOC(=O)c1cccc(C)c1C(=O)OCC#C. The second-order valence-electron chi connectivity index (χ2n) is 3.56. The maximum atomic E-state index is 11.9. The summed E-state index contributed by atoms with van der Waals surface area (Å²) in [6.07, 6.45) is 10.0. The fourth-order valence-electron chi connectivity index (χ4n) is 1.47. The number of aryl methyl sites for hydroxylation is 1. The number of carbonyl (C=O) groups excluding carboxylic acids is 2. The first kappa shape index (κ1) is 14.3. The zero-order chi connectivity index (χ0) is 14.3. The maximum Gasteiger partial charge on any atom is 0.340 e. The third kappa shape index (κ3) is 3.62. The highest BCUT2D eigenvalue weighted by atomic mass is 16.5. The van der Waals surface area contributed by atoms with Crippen molar-refractivity contribution in [2.75, 3.05) is 13.2 Å². The monoisotopic (exact) mass is 256 g/mol. The Hall–Kier alpha value is -2.72. The molecule has 0 radical (unpaired) electrons. The van der Waals surface area contributed by atoms with Crippen molar-refractivity contribution in [2.24, 2.45) is 0 Å². The number of carbonyl (C=O) groups is 2. The van der Waals surface area contributed by atoms with Gasteiger partial charge in [0.15, 0.2) is 13.2 Å². The second kappa shape index (κ2) is 6.88. The van der Waals surface area contributed by atoms with Gasteiger partial charge in [-0.1, -0.05) is 24.0 Å². The van der Waals surface area contributed by atoms with E-state index < -0.39 is 11.9 Å². The Labute approximate surface area is 111 Å². The van der Waals surface area contributed by atoms with Crippen LogP contribution in [0.1, 0.15) is 26.3 Å². The van der Waals surface area contributed by atoms with Crippen molar-refractivity contribution in [1.82, 2.24) is 0 Å². The van der Waals surface area contributed by atoms with Crippen molar-refractivity contribution in [2.45, 2.75) is 6.92 Å². The van der Waals surface area contributed by atoms with Crippen molar-refractivity contribution in [1.29, 1.82) is 0 Å². The van der Waals surface area contributed by atoms with E-state index in [2.05, 4.69) is 11.8 Å². The van der Waals surface area contributed by atoms with Gasteiger partial charge in [0.25, 0.3) is 0 Å². The number of ether oxygens (including phenoxy) is 2. The molecule has 0 aromatic heterocycles. The number of esters is 2. The summed E-state index contributed by atoms with van der Waals surface area (Å²) in [6, 6.07) is 4.79. The molecule has 4 nitrogen and oxygen atoms in total. The van der Waals surface area contributed by atoms with Gasteiger partial charge >= 0.3 is 11.9 Å². The molecule has 0 bridgehead atoms. The molecule has 1 aromatic rings. The number of hydrogen-bond donors (Lipinski definition) is 0. The van der Waals surface area contributed by atoms with Crippen molar-refractivity contribution >= 4 is 11.9 Å². The molecule has 0 aliphatic rings. The van der Waals surface area contributed by atoms with Crippen LogP contribution < -0.4 is 0 Å². The minimum absolute atomic E-state index is 0.109. The van der Waals surface area contributed by atoms with Crippen molar-refractivity contribution < 1.29 is 19.1 Å². The molecule has 0 saturated heterocycles. The maximum absolute atomic E-state index is 11.9. The van der Waals surface area contributed by atoms with Crippen LogP contribution in [-0.4, -0.2) is 25.2 Å². The van der Waals surface area contributed by atoms with E-state index in [9.17, 15) is 9.59 Å². The molecule has 0 heterocycles. The van der Waals surface area contributed by atoms with Crippen LogP contribution in [0.3, 0.4) is 0 Å². The molecular weight excluding hydrogens is 244 g/mol. The number of terminal acetylenes is 2. The summed E-state index contributed by atoms with van der Waals surface area (Å²) >= 11 is 0. The molecule has 0 N–H and O–H groups in total. The van der Waals surface area contributed by atoms with Crippen molar-refractivity contribution in [3.63, 3.8) is 0 Å². The Bertz CT molecular complexity index is 573. The second-order valence-corrected chi connectivity index (χ2v) is 3.56. The average Bonchev–Trinajstić information content (AvgIpc) is 2.41. The third-order valence-corrected chi connectivity index (χ3v) is 2.27. The lowest BCUT2D eigenvalue weighted by Gasteiger charge is -2.10. The predicted octanol–water partition coefficient (Wildman–Crippen LogP) is 1.58. The van der Waals surface area contributed by atoms with Crippen LogP contribution in [0.25, 0.3) is 0 Å². The lowest BCUT2D eigenvalue weighted by atomic mass is 10.0. The summed E-state index contributed by atoms with van der Waals surface area (Å²) < 4.78 is 9.63. The highest BCUT2D eigenvalue weighted by Gasteiger charge is 2.21. The number of hydrogen-bond acceptors (Lipinski definition) is 4. The molecule has 0 unspecified atom stereocenters. The lowest BCUT2D eigenvalue weighted by Crippen LogP contribution is -2.16. The van der Waals surface area contributed by atoms with Gasteiger partial charge in [0.05, 0.1) is 11.1 Å². The molecule has 1 aromatic carbocycles. The zero-order valence-electron chi connectivity index (χ0n) is 10.4. The van der Waals surface area contributed by atoms with Crippen LogP contribution in [0.5, 0.6) is 0 Å². The van der Waals surface area contributed by atoms with E-state index in [0.717, 1.165) is 0 Å². The summed E-state index contributed by atoms with van der Waals surface area (Å²) in [5.41, 5.74) is 0.842. The van der Waals surface area contributed by atoms with Crippen molar-refractivity contribution in [3.05, 3.63) is 34.9 Å². The molecule has 0 fully saturated rings. The lowest BCUT2D eigenvalue weighted by molar-refractivity contribution is 0.0509.